The molecule has 1 amide bonds. The minimum atomic E-state index is -4.23. The molecule has 9 heteroatoms. The highest BCUT2D eigenvalue weighted by atomic mass is 32.2. The number of sulfonamides is 1. The lowest BCUT2D eigenvalue weighted by atomic mass is 9.87. The first-order valence-electron chi connectivity index (χ1n) is 11.3. The van der Waals surface area contributed by atoms with Gasteiger partial charge in [-0.25, -0.2) is 13.2 Å². The molecule has 3 N–H and O–H groups in total. The second-order valence-electron chi connectivity index (χ2n) is 9.82. The summed E-state index contributed by atoms with van der Waals surface area (Å²) in [6.45, 7) is 5.13. The summed E-state index contributed by atoms with van der Waals surface area (Å²) in [6, 6.07) is 9.21. The molecule has 34 heavy (non-hydrogen) atoms. The molecule has 0 bridgehead atoms. The van der Waals surface area contributed by atoms with Gasteiger partial charge in [-0.15, -0.1) is 0 Å². The van der Waals surface area contributed by atoms with Gasteiger partial charge in [0.15, 0.2) is 0 Å². The monoisotopic (exact) mass is 487 g/mol. The van der Waals surface area contributed by atoms with Crippen molar-refractivity contribution in [3.05, 3.63) is 58.7 Å². The minimum Gasteiger partial charge on any atom is -0.478 e. The van der Waals surface area contributed by atoms with Crippen LogP contribution in [-0.4, -0.2) is 57.5 Å². The van der Waals surface area contributed by atoms with Gasteiger partial charge in [0.25, 0.3) is 15.9 Å². The Balaban J connectivity index is 1.90. The number of aromatic carboxylic acids is 1. The molecule has 0 saturated carbocycles. The van der Waals surface area contributed by atoms with E-state index in [1.54, 1.807) is 12.1 Å². The summed E-state index contributed by atoms with van der Waals surface area (Å²) in [6.07, 6.45) is 3.20. The van der Waals surface area contributed by atoms with Crippen LogP contribution in [-0.2, 0) is 22.9 Å². The number of nitrogens with zero attached hydrogens (tertiary/aromatic N) is 1. The van der Waals surface area contributed by atoms with E-state index in [9.17, 15) is 23.1 Å². The lowest BCUT2D eigenvalue weighted by Crippen LogP contribution is -2.40. The van der Waals surface area contributed by atoms with Crippen LogP contribution in [0, 0.1) is 5.41 Å². The number of amides is 1. The van der Waals surface area contributed by atoms with Gasteiger partial charge in [-0.3, -0.25) is 9.52 Å². The molecule has 1 aliphatic carbocycles. The van der Waals surface area contributed by atoms with Gasteiger partial charge in [-0.05, 0) is 74.5 Å². The molecule has 0 radical (unpaired) electrons. The third kappa shape index (κ3) is 5.95. The Bertz CT molecular complexity index is 1190. The number of hydrogen-bond donors (Lipinski definition) is 3. The predicted molar refractivity (Wildman–Crippen MR) is 132 cm³/mol. The number of nitrogens with one attached hydrogen (secondary N) is 2. The van der Waals surface area contributed by atoms with Crippen LogP contribution < -0.4 is 10.0 Å². The zero-order valence-corrected chi connectivity index (χ0v) is 21.0. The smallest absolute Gasteiger partial charge is 0.338 e. The number of carbonyl (C=O) groups excluding carboxylic acids is 1. The first-order valence-corrected chi connectivity index (χ1v) is 12.8. The van der Waals surface area contributed by atoms with Gasteiger partial charge in [0, 0.05) is 13.1 Å². The SMILES string of the molecule is CN(C)CC(C)(C)CNC(=O)c1ccccc1S(=O)(=O)Nc1ccc2c(c1C(=O)O)CCCC2. The van der Waals surface area contributed by atoms with Crippen LogP contribution in [0.5, 0.6) is 0 Å². The molecule has 1 aliphatic rings. The first kappa shape index (κ1) is 25.7. The highest BCUT2D eigenvalue weighted by molar-refractivity contribution is 7.92. The van der Waals surface area contributed by atoms with Crippen LogP contribution in [0.4, 0.5) is 5.69 Å². The summed E-state index contributed by atoms with van der Waals surface area (Å²) in [7, 11) is -0.331. The molecule has 8 nitrogen and oxygen atoms in total. The molecule has 0 unspecified atom stereocenters. The molecule has 2 aromatic rings. The lowest BCUT2D eigenvalue weighted by molar-refractivity contribution is 0.0696. The number of benzene rings is 2. The number of anilines is 1. The van der Waals surface area contributed by atoms with E-state index in [0.717, 1.165) is 31.4 Å². The van der Waals surface area contributed by atoms with Crippen molar-refractivity contribution in [2.45, 2.75) is 44.4 Å². The Morgan fingerprint density at radius 2 is 1.74 bits per heavy atom. The molecular formula is C25H33N3O5S. The zero-order valence-electron chi connectivity index (χ0n) is 20.1. The molecule has 0 aromatic heterocycles. The number of aryl methyl sites for hydroxylation is 1. The van der Waals surface area contributed by atoms with Gasteiger partial charge < -0.3 is 15.3 Å². The second kappa shape index (κ2) is 10.1. The number of carboxylic acids is 1. The fourth-order valence-electron chi connectivity index (χ4n) is 4.57. The van der Waals surface area contributed by atoms with Crippen LogP contribution in [0.1, 0.15) is 58.5 Å². The van der Waals surface area contributed by atoms with E-state index in [4.69, 9.17) is 0 Å². The second-order valence-corrected chi connectivity index (χ2v) is 11.5. The number of fused-ring (bicyclic) bond motifs is 1. The largest absolute Gasteiger partial charge is 0.478 e. The van der Waals surface area contributed by atoms with E-state index < -0.39 is 21.9 Å². The van der Waals surface area contributed by atoms with Crippen LogP contribution in [0.15, 0.2) is 41.3 Å². The van der Waals surface area contributed by atoms with E-state index in [0.29, 0.717) is 18.5 Å². The lowest BCUT2D eigenvalue weighted by Gasteiger charge is -2.28. The van der Waals surface area contributed by atoms with E-state index in [-0.39, 0.29) is 27.1 Å². The van der Waals surface area contributed by atoms with Crippen molar-refractivity contribution in [2.24, 2.45) is 5.41 Å². The van der Waals surface area contributed by atoms with Gasteiger partial charge in [0.05, 0.1) is 16.8 Å². The Labute approximate surface area is 201 Å². The number of hydrogen-bond acceptors (Lipinski definition) is 5. The summed E-state index contributed by atoms with van der Waals surface area (Å²) in [5, 5.41) is 12.7. The maximum absolute atomic E-state index is 13.3. The molecule has 0 atom stereocenters. The van der Waals surface area contributed by atoms with E-state index in [1.807, 2.05) is 32.8 Å². The fraction of sp³-hybridized carbons (Fsp3) is 0.440. The molecular weight excluding hydrogens is 454 g/mol. The third-order valence-corrected chi connectivity index (χ3v) is 7.31. The summed E-state index contributed by atoms with van der Waals surface area (Å²) >= 11 is 0. The van der Waals surface area contributed by atoms with Gasteiger partial charge >= 0.3 is 5.97 Å². The highest BCUT2D eigenvalue weighted by Gasteiger charge is 2.28. The van der Waals surface area contributed by atoms with Crippen molar-refractivity contribution in [3.63, 3.8) is 0 Å². The van der Waals surface area contributed by atoms with Crippen molar-refractivity contribution < 1.29 is 23.1 Å². The average Bonchev–Trinajstić information content (AvgIpc) is 2.76. The topological polar surface area (TPSA) is 116 Å². The normalized spacial score (nSPS) is 13.9. The molecule has 0 fully saturated rings. The first-order chi connectivity index (χ1) is 15.9. The van der Waals surface area contributed by atoms with E-state index in [1.165, 1.54) is 24.3 Å². The third-order valence-electron chi connectivity index (χ3n) is 5.88. The molecule has 0 heterocycles. The molecule has 0 spiro atoms. The van der Waals surface area contributed by atoms with Gasteiger partial charge in [-0.2, -0.15) is 0 Å². The molecule has 0 saturated heterocycles. The van der Waals surface area contributed by atoms with Gasteiger partial charge in [-0.1, -0.05) is 32.0 Å². The summed E-state index contributed by atoms with van der Waals surface area (Å²) in [5.41, 5.74) is 1.39. The van der Waals surface area contributed by atoms with Crippen LogP contribution in [0.25, 0.3) is 0 Å². The fourth-order valence-corrected chi connectivity index (χ4v) is 5.85. The predicted octanol–water partition coefficient (Wildman–Crippen LogP) is 3.38. The average molecular weight is 488 g/mol. The zero-order chi connectivity index (χ0) is 25.1. The number of carbonyl (C=O) groups is 2. The van der Waals surface area contributed by atoms with Crippen LogP contribution in [0.2, 0.25) is 0 Å². The molecule has 3 rings (SSSR count). The summed E-state index contributed by atoms with van der Waals surface area (Å²) in [5.74, 6) is -1.68. The summed E-state index contributed by atoms with van der Waals surface area (Å²) in [4.78, 5) is 26.8. The van der Waals surface area contributed by atoms with Crippen molar-refractivity contribution in [1.82, 2.24) is 10.2 Å². The highest BCUT2D eigenvalue weighted by Crippen LogP contribution is 2.31. The van der Waals surface area contributed by atoms with Crippen molar-refractivity contribution in [3.8, 4) is 0 Å². The van der Waals surface area contributed by atoms with Crippen LogP contribution >= 0.6 is 0 Å². The Morgan fingerprint density at radius 3 is 2.41 bits per heavy atom. The number of carboxylic acid groups (broad SMARTS) is 1. The van der Waals surface area contributed by atoms with E-state index >= 15 is 0 Å². The Hall–Kier alpha value is -2.91. The van der Waals surface area contributed by atoms with Crippen molar-refractivity contribution in [1.29, 1.82) is 0 Å². The standard InChI is InChI=1S/C25H33N3O5S/c1-25(2,16-28(3)4)15-26-23(29)19-11-7-8-12-21(19)34(32,33)27-20-14-13-17-9-5-6-10-18(17)22(20)24(30)31/h7-8,11-14,27H,5-6,9-10,15-16H2,1-4H3,(H,26,29)(H,30,31). The molecule has 2 aromatic carbocycles. The minimum absolute atomic E-state index is 0.00508. The summed E-state index contributed by atoms with van der Waals surface area (Å²) < 4.78 is 29.1. The maximum atomic E-state index is 13.3. The maximum Gasteiger partial charge on any atom is 0.338 e. The van der Waals surface area contributed by atoms with Gasteiger partial charge in [0.1, 0.15) is 4.90 Å². The van der Waals surface area contributed by atoms with E-state index in [2.05, 4.69) is 10.0 Å². The quantitative estimate of drug-likeness (QED) is 0.499. The van der Waals surface area contributed by atoms with Crippen molar-refractivity contribution in [2.75, 3.05) is 31.9 Å². The number of rotatable bonds is 9. The Morgan fingerprint density at radius 1 is 1.06 bits per heavy atom. The van der Waals surface area contributed by atoms with Crippen LogP contribution in [0.3, 0.4) is 0 Å². The molecule has 0 aliphatic heterocycles. The Kier molecular flexibility index (Phi) is 7.67. The van der Waals surface area contributed by atoms with Crippen molar-refractivity contribution >= 4 is 27.6 Å². The van der Waals surface area contributed by atoms with Gasteiger partial charge in [0.2, 0.25) is 0 Å². The molecule has 184 valence electrons.